The van der Waals surface area contributed by atoms with Crippen LogP contribution in [0.4, 0.5) is 25.5 Å². The number of ether oxygens (including phenoxy) is 1. The Hall–Kier alpha value is -4.51. The van der Waals surface area contributed by atoms with Gasteiger partial charge in [0.05, 0.1) is 12.1 Å². The number of hydrogen-bond donors (Lipinski definition) is 3. The predicted octanol–water partition coefficient (Wildman–Crippen LogP) is 4.46. The quantitative estimate of drug-likeness (QED) is 0.412. The van der Waals surface area contributed by atoms with Gasteiger partial charge in [-0.3, -0.25) is 15.4 Å². The Morgan fingerprint density at radius 1 is 1.00 bits per heavy atom. The van der Waals surface area contributed by atoms with E-state index in [4.69, 9.17) is 4.74 Å². The van der Waals surface area contributed by atoms with Gasteiger partial charge in [-0.15, -0.1) is 0 Å². The van der Waals surface area contributed by atoms with Gasteiger partial charge in [0.25, 0.3) is 0 Å². The lowest BCUT2D eigenvalue weighted by atomic mass is 10.0. The smallest absolute Gasteiger partial charge is 0.325 e. The van der Waals surface area contributed by atoms with Crippen molar-refractivity contribution in [3.8, 4) is 11.5 Å². The van der Waals surface area contributed by atoms with Crippen LogP contribution >= 0.6 is 0 Å². The lowest BCUT2D eigenvalue weighted by Gasteiger charge is -2.35. The first-order valence-electron chi connectivity index (χ1n) is 12.6. The average Bonchev–Trinajstić information content (AvgIpc) is 2.91. The number of carbonyl (C=O) groups excluding carboxylic acids is 3. The van der Waals surface area contributed by atoms with Crippen LogP contribution in [-0.2, 0) is 11.2 Å². The summed E-state index contributed by atoms with van der Waals surface area (Å²) in [5.74, 6) is -0.439. The number of hydrogen-bond acceptors (Lipinski definition) is 6. The molecule has 0 radical (unpaired) electrons. The highest BCUT2D eigenvalue weighted by atomic mass is 19.1. The standard InChI is InChI=1S/C28H31FN6O4/c1-34(2)20-11-14-35(15-12-20)28(38)32-25-18-22(10-13-30-25)39-21-8-9-24(23(29)17-21)31-27(37)33-26(36)16-19-6-4-3-5-7-19/h3-10,13,17-18,20H,11-12,14-16H2,1-2H3,(H,30,32,38)(H2,31,33,36,37). The van der Waals surface area contributed by atoms with Gasteiger partial charge in [0, 0.05) is 37.5 Å². The number of nitrogens with one attached hydrogen (secondary N) is 3. The van der Waals surface area contributed by atoms with Crippen molar-refractivity contribution < 1.29 is 23.5 Å². The minimum absolute atomic E-state index is 0.0207. The molecule has 11 heteroatoms. The minimum atomic E-state index is -0.844. The predicted molar refractivity (Wildman–Crippen MR) is 145 cm³/mol. The number of aromatic nitrogens is 1. The summed E-state index contributed by atoms with van der Waals surface area (Å²) in [6.07, 6.45) is 3.30. The maximum absolute atomic E-state index is 14.6. The van der Waals surface area contributed by atoms with Crippen molar-refractivity contribution in [1.29, 1.82) is 0 Å². The molecule has 2 aromatic carbocycles. The molecule has 0 spiro atoms. The average molecular weight is 535 g/mol. The first kappa shape index (κ1) is 27.5. The highest BCUT2D eigenvalue weighted by Gasteiger charge is 2.24. The molecule has 0 saturated carbocycles. The normalized spacial score (nSPS) is 13.6. The topological polar surface area (TPSA) is 116 Å². The van der Waals surface area contributed by atoms with E-state index in [0.717, 1.165) is 24.5 Å². The van der Waals surface area contributed by atoms with Crippen molar-refractivity contribution in [1.82, 2.24) is 20.1 Å². The van der Waals surface area contributed by atoms with Crippen molar-refractivity contribution in [2.24, 2.45) is 0 Å². The lowest BCUT2D eigenvalue weighted by molar-refractivity contribution is -0.119. The molecule has 1 aromatic heterocycles. The molecule has 39 heavy (non-hydrogen) atoms. The van der Waals surface area contributed by atoms with Crippen LogP contribution in [0.3, 0.4) is 0 Å². The van der Waals surface area contributed by atoms with Crippen LogP contribution in [0, 0.1) is 5.82 Å². The third-order valence-corrected chi connectivity index (χ3v) is 6.33. The minimum Gasteiger partial charge on any atom is -0.457 e. The number of carbonyl (C=O) groups is 3. The first-order valence-corrected chi connectivity index (χ1v) is 12.6. The van der Waals surface area contributed by atoms with E-state index in [2.05, 4.69) is 25.8 Å². The summed E-state index contributed by atoms with van der Waals surface area (Å²) in [4.78, 5) is 44.9. The molecule has 204 valence electrons. The Bertz CT molecular complexity index is 1310. The number of pyridine rings is 1. The van der Waals surface area contributed by atoms with E-state index >= 15 is 0 Å². The third-order valence-electron chi connectivity index (χ3n) is 6.33. The summed E-state index contributed by atoms with van der Waals surface area (Å²) in [6, 6.07) is 15.3. The summed E-state index contributed by atoms with van der Waals surface area (Å²) in [7, 11) is 4.08. The molecule has 1 saturated heterocycles. The fourth-order valence-corrected chi connectivity index (χ4v) is 4.22. The molecule has 10 nitrogen and oxygen atoms in total. The molecule has 0 atom stereocenters. The maximum atomic E-state index is 14.6. The molecular formula is C28H31FN6O4. The Kier molecular flexibility index (Phi) is 9.06. The summed E-state index contributed by atoms with van der Waals surface area (Å²) in [6.45, 7) is 1.31. The first-order chi connectivity index (χ1) is 18.8. The van der Waals surface area contributed by atoms with Gasteiger partial charge in [-0.2, -0.15) is 0 Å². The van der Waals surface area contributed by atoms with Gasteiger partial charge >= 0.3 is 12.1 Å². The van der Waals surface area contributed by atoms with Crippen LogP contribution in [0.25, 0.3) is 0 Å². The van der Waals surface area contributed by atoms with Crippen LogP contribution in [-0.4, -0.2) is 66.0 Å². The fraction of sp³-hybridized carbons (Fsp3) is 0.286. The highest BCUT2D eigenvalue weighted by molar-refractivity contribution is 6.01. The zero-order valence-electron chi connectivity index (χ0n) is 21.8. The van der Waals surface area contributed by atoms with Gasteiger partial charge in [0.2, 0.25) is 5.91 Å². The molecule has 0 bridgehead atoms. The lowest BCUT2D eigenvalue weighted by Crippen LogP contribution is -2.46. The molecule has 0 unspecified atom stereocenters. The fourth-order valence-electron chi connectivity index (χ4n) is 4.22. The Morgan fingerprint density at radius 2 is 1.72 bits per heavy atom. The van der Waals surface area contributed by atoms with Crippen LogP contribution in [0.5, 0.6) is 11.5 Å². The number of amides is 5. The van der Waals surface area contributed by atoms with E-state index in [-0.39, 0.29) is 23.9 Å². The van der Waals surface area contributed by atoms with E-state index in [1.54, 1.807) is 41.3 Å². The van der Waals surface area contributed by atoms with Crippen molar-refractivity contribution in [2.45, 2.75) is 25.3 Å². The molecule has 3 N–H and O–H groups in total. The van der Waals surface area contributed by atoms with E-state index in [0.29, 0.717) is 30.7 Å². The number of rotatable bonds is 7. The molecule has 3 aromatic rings. The van der Waals surface area contributed by atoms with Crippen LogP contribution < -0.4 is 20.7 Å². The largest absolute Gasteiger partial charge is 0.457 e. The number of urea groups is 2. The Balaban J connectivity index is 1.29. The highest BCUT2D eigenvalue weighted by Crippen LogP contribution is 2.27. The second-order valence-electron chi connectivity index (χ2n) is 9.40. The molecule has 0 aliphatic carbocycles. The zero-order valence-corrected chi connectivity index (χ0v) is 21.8. The number of benzene rings is 2. The number of nitrogens with zero attached hydrogens (tertiary/aromatic N) is 3. The van der Waals surface area contributed by atoms with Crippen LogP contribution in [0.2, 0.25) is 0 Å². The summed E-state index contributed by atoms with van der Waals surface area (Å²) in [5.41, 5.74) is 0.632. The number of imide groups is 1. The van der Waals surface area contributed by atoms with Gasteiger partial charge in [-0.25, -0.2) is 19.0 Å². The Labute approximate surface area is 226 Å². The molecule has 5 amide bonds. The van der Waals surface area contributed by atoms with Crippen LogP contribution in [0.15, 0.2) is 66.9 Å². The van der Waals surface area contributed by atoms with Gasteiger partial charge in [-0.1, -0.05) is 30.3 Å². The molecule has 1 fully saturated rings. The van der Waals surface area contributed by atoms with Crippen molar-refractivity contribution in [2.75, 3.05) is 37.8 Å². The molecule has 1 aliphatic heterocycles. The Morgan fingerprint density at radius 3 is 2.41 bits per heavy atom. The summed E-state index contributed by atoms with van der Waals surface area (Å²) >= 11 is 0. The SMILES string of the molecule is CN(C)C1CCN(C(=O)Nc2cc(Oc3ccc(NC(=O)NC(=O)Cc4ccccc4)c(F)c3)ccn2)CC1. The number of piperidine rings is 1. The molecule has 1 aliphatic rings. The third kappa shape index (κ3) is 7.99. The number of likely N-dealkylation sites (tertiary alicyclic amines) is 1. The number of halogens is 1. The van der Waals surface area contributed by atoms with Gasteiger partial charge in [-0.05, 0) is 50.7 Å². The zero-order chi connectivity index (χ0) is 27.8. The van der Waals surface area contributed by atoms with Crippen LogP contribution in [0.1, 0.15) is 18.4 Å². The van der Waals surface area contributed by atoms with E-state index in [1.165, 1.54) is 18.3 Å². The summed E-state index contributed by atoms with van der Waals surface area (Å²) in [5, 5.41) is 7.28. The van der Waals surface area contributed by atoms with Crippen molar-refractivity contribution in [3.63, 3.8) is 0 Å². The molecule has 4 rings (SSSR count). The molecular weight excluding hydrogens is 503 g/mol. The number of anilines is 2. The van der Waals surface area contributed by atoms with Gasteiger partial charge in [0.15, 0.2) is 0 Å². The second kappa shape index (κ2) is 12.8. The second-order valence-corrected chi connectivity index (χ2v) is 9.40. The maximum Gasteiger partial charge on any atom is 0.325 e. The van der Waals surface area contributed by atoms with E-state index in [1.807, 2.05) is 20.2 Å². The van der Waals surface area contributed by atoms with E-state index in [9.17, 15) is 18.8 Å². The van der Waals surface area contributed by atoms with Gasteiger partial charge < -0.3 is 19.9 Å². The van der Waals surface area contributed by atoms with E-state index < -0.39 is 17.8 Å². The summed E-state index contributed by atoms with van der Waals surface area (Å²) < 4.78 is 20.4. The molecule has 2 heterocycles. The van der Waals surface area contributed by atoms with Gasteiger partial charge in [0.1, 0.15) is 23.1 Å². The monoisotopic (exact) mass is 534 g/mol. The van der Waals surface area contributed by atoms with Crippen molar-refractivity contribution >= 4 is 29.5 Å². The van der Waals surface area contributed by atoms with Crippen molar-refractivity contribution in [3.05, 3.63) is 78.2 Å².